The molecule has 1 aliphatic rings. The van der Waals surface area contributed by atoms with Crippen LogP contribution in [0.25, 0.3) is 0 Å². The summed E-state index contributed by atoms with van der Waals surface area (Å²) in [5.74, 6) is 1.53. The van der Waals surface area contributed by atoms with Gasteiger partial charge in [0.2, 0.25) is 0 Å². The summed E-state index contributed by atoms with van der Waals surface area (Å²) in [4.78, 5) is 11.6. The Balaban J connectivity index is 0.00000364. The van der Waals surface area contributed by atoms with Gasteiger partial charge < -0.3 is 15.4 Å². The first-order chi connectivity index (χ1) is 12.7. The highest BCUT2D eigenvalue weighted by Gasteiger charge is 2.26. The van der Waals surface area contributed by atoms with Crippen LogP contribution in [0.3, 0.4) is 0 Å². The number of morpholine rings is 1. The Bertz CT molecular complexity index is 544. The van der Waals surface area contributed by atoms with Crippen LogP contribution in [-0.4, -0.2) is 61.8 Å². The Morgan fingerprint density at radius 3 is 2.52 bits per heavy atom. The molecular weight excluding hydrogens is 473 g/mol. The molecule has 27 heavy (non-hydrogen) atoms. The fourth-order valence-electron chi connectivity index (χ4n) is 3.52. The number of guanidine groups is 1. The fourth-order valence-corrected chi connectivity index (χ4v) is 4.27. The first kappa shape index (κ1) is 24.6. The van der Waals surface area contributed by atoms with E-state index in [2.05, 4.69) is 51.7 Å². The molecule has 2 rings (SSSR count). The molecule has 1 saturated heterocycles. The number of thiazole rings is 1. The summed E-state index contributed by atoms with van der Waals surface area (Å²) < 4.78 is 5.54. The van der Waals surface area contributed by atoms with E-state index in [4.69, 9.17) is 4.74 Å². The Morgan fingerprint density at radius 1 is 1.26 bits per heavy atom. The lowest BCUT2D eigenvalue weighted by Gasteiger charge is -2.39. The second-order valence-electron chi connectivity index (χ2n) is 6.69. The summed E-state index contributed by atoms with van der Waals surface area (Å²) in [6, 6.07) is 0.512. The van der Waals surface area contributed by atoms with Crippen molar-refractivity contribution in [1.29, 1.82) is 0 Å². The smallest absolute Gasteiger partial charge is 0.191 e. The van der Waals surface area contributed by atoms with Crippen molar-refractivity contribution in [3.05, 3.63) is 16.1 Å². The molecule has 1 atom stereocenters. The topological polar surface area (TPSA) is 61.8 Å². The highest BCUT2D eigenvalue weighted by molar-refractivity contribution is 14.0. The molecular formula is C19H36IN5OS. The zero-order valence-corrected chi connectivity index (χ0v) is 20.3. The first-order valence-electron chi connectivity index (χ1n) is 9.91. The summed E-state index contributed by atoms with van der Waals surface area (Å²) in [7, 11) is 1.83. The van der Waals surface area contributed by atoms with E-state index in [0.717, 1.165) is 50.9 Å². The van der Waals surface area contributed by atoms with Crippen molar-refractivity contribution in [2.24, 2.45) is 10.9 Å². The molecule has 0 saturated carbocycles. The second kappa shape index (κ2) is 13.7. The fraction of sp³-hybridized carbons (Fsp3) is 0.789. The van der Waals surface area contributed by atoms with E-state index in [1.807, 2.05) is 7.05 Å². The van der Waals surface area contributed by atoms with Gasteiger partial charge in [-0.05, 0) is 12.3 Å². The van der Waals surface area contributed by atoms with Crippen molar-refractivity contribution in [2.45, 2.75) is 52.6 Å². The van der Waals surface area contributed by atoms with Crippen LogP contribution in [-0.2, 0) is 17.7 Å². The molecule has 0 spiro atoms. The minimum Gasteiger partial charge on any atom is -0.379 e. The van der Waals surface area contributed by atoms with Gasteiger partial charge >= 0.3 is 0 Å². The highest BCUT2D eigenvalue weighted by atomic mass is 127. The van der Waals surface area contributed by atoms with E-state index < -0.39 is 0 Å². The third-order valence-electron chi connectivity index (χ3n) is 5.15. The molecule has 8 heteroatoms. The first-order valence-corrected chi connectivity index (χ1v) is 10.8. The standard InChI is InChI=1S/C19H35N5OS.HI/c1-5-15(6-2)17(24-8-10-25-11-9-24)13-22-19(20-4)21-12-16-14-26-18(7-3)23-16;/h14-15,17H,5-13H2,1-4H3,(H2,20,21,22);1H. The monoisotopic (exact) mass is 509 g/mol. The summed E-state index contributed by atoms with van der Waals surface area (Å²) in [5.41, 5.74) is 1.08. The SMILES string of the molecule is CCc1nc(CNC(=NC)NCC(C(CC)CC)N2CCOCC2)cs1.I. The number of aliphatic imine (C=N–C) groups is 1. The van der Waals surface area contributed by atoms with Gasteiger partial charge in [-0.2, -0.15) is 0 Å². The van der Waals surface area contributed by atoms with E-state index in [0.29, 0.717) is 18.5 Å². The number of nitrogens with one attached hydrogen (secondary N) is 2. The predicted octanol–water partition coefficient (Wildman–Crippen LogP) is 3.13. The van der Waals surface area contributed by atoms with Crippen molar-refractivity contribution >= 4 is 41.3 Å². The number of aryl methyl sites for hydroxylation is 1. The molecule has 0 aliphatic carbocycles. The number of halogens is 1. The highest BCUT2D eigenvalue weighted by Crippen LogP contribution is 2.19. The summed E-state index contributed by atoms with van der Waals surface area (Å²) >= 11 is 1.73. The van der Waals surface area contributed by atoms with E-state index in [-0.39, 0.29) is 24.0 Å². The van der Waals surface area contributed by atoms with Gasteiger partial charge in [0.05, 0.1) is 30.5 Å². The van der Waals surface area contributed by atoms with Gasteiger partial charge in [-0.25, -0.2) is 4.98 Å². The average molecular weight is 510 g/mol. The van der Waals surface area contributed by atoms with Gasteiger partial charge in [0, 0.05) is 38.1 Å². The van der Waals surface area contributed by atoms with Crippen LogP contribution in [0.1, 0.15) is 44.3 Å². The molecule has 156 valence electrons. The van der Waals surface area contributed by atoms with Crippen LogP contribution in [0.2, 0.25) is 0 Å². The largest absolute Gasteiger partial charge is 0.379 e. The van der Waals surface area contributed by atoms with Crippen molar-refractivity contribution in [2.75, 3.05) is 39.9 Å². The molecule has 1 aromatic heterocycles. The van der Waals surface area contributed by atoms with Crippen molar-refractivity contribution < 1.29 is 4.74 Å². The minimum absolute atomic E-state index is 0. The van der Waals surface area contributed by atoms with Crippen molar-refractivity contribution in [3.63, 3.8) is 0 Å². The van der Waals surface area contributed by atoms with Crippen LogP contribution >= 0.6 is 35.3 Å². The third kappa shape index (κ3) is 7.83. The lowest BCUT2D eigenvalue weighted by molar-refractivity contribution is 0.00272. The van der Waals surface area contributed by atoms with E-state index in [1.54, 1.807) is 11.3 Å². The van der Waals surface area contributed by atoms with E-state index in [9.17, 15) is 0 Å². The number of hydrogen-bond acceptors (Lipinski definition) is 5. The Morgan fingerprint density at radius 2 is 1.96 bits per heavy atom. The molecule has 1 aliphatic heterocycles. The second-order valence-corrected chi connectivity index (χ2v) is 7.63. The number of rotatable bonds is 9. The molecule has 0 amide bonds. The molecule has 1 aromatic rings. The van der Waals surface area contributed by atoms with E-state index in [1.165, 1.54) is 17.8 Å². The lowest BCUT2D eigenvalue weighted by atomic mass is 9.92. The van der Waals surface area contributed by atoms with Gasteiger partial charge in [-0.3, -0.25) is 9.89 Å². The van der Waals surface area contributed by atoms with Crippen molar-refractivity contribution in [1.82, 2.24) is 20.5 Å². The molecule has 1 fully saturated rings. The number of nitrogens with zero attached hydrogens (tertiary/aromatic N) is 3. The van der Waals surface area contributed by atoms with E-state index >= 15 is 0 Å². The predicted molar refractivity (Wildman–Crippen MR) is 125 cm³/mol. The van der Waals surface area contributed by atoms with Gasteiger partial charge in [0.25, 0.3) is 0 Å². The number of aromatic nitrogens is 1. The summed E-state index contributed by atoms with van der Waals surface area (Å²) in [6.45, 7) is 12.1. The van der Waals surface area contributed by atoms with Gasteiger partial charge in [0.15, 0.2) is 5.96 Å². The maximum Gasteiger partial charge on any atom is 0.191 e. The quantitative estimate of drug-likeness (QED) is 0.304. The van der Waals surface area contributed by atoms with Crippen LogP contribution in [0.4, 0.5) is 0 Å². The lowest BCUT2D eigenvalue weighted by Crippen LogP contribution is -2.53. The van der Waals surface area contributed by atoms with Gasteiger partial charge in [-0.15, -0.1) is 35.3 Å². The molecule has 2 heterocycles. The molecule has 0 bridgehead atoms. The normalized spacial score (nSPS) is 16.9. The average Bonchev–Trinajstić information content (AvgIpc) is 3.16. The summed E-state index contributed by atoms with van der Waals surface area (Å²) in [6.07, 6.45) is 3.39. The zero-order valence-electron chi connectivity index (χ0n) is 17.2. The molecule has 0 aromatic carbocycles. The van der Waals surface area contributed by atoms with Crippen LogP contribution in [0.15, 0.2) is 10.4 Å². The minimum atomic E-state index is 0. The Hall–Kier alpha value is -0.450. The molecule has 6 nitrogen and oxygen atoms in total. The number of ether oxygens (including phenoxy) is 1. The van der Waals surface area contributed by atoms with Gasteiger partial charge in [0.1, 0.15) is 0 Å². The zero-order chi connectivity index (χ0) is 18.8. The van der Waals surface area contributed by atoms with Gasteiger partial charge in [-0.1, -0.05) is 33.6 Å². The van der Waals surface area contributed by atoms with Crippen LogP contribution < -0.4 is 10.6 Å². The third-order valence-corrected chi connectivity index (χ3v) is 6.19. The molecule has 2 N–H and O–H groups in total. The Labute approximate surface area is 185 Å². The van der Waals surface area contributed by atoms with Crippen LogP contribution in [0, 0.1) is 5.92 Å². The van der Waals surface area contributed by atoms with Crippen LogP contribution in [0.5, 0.6) is 0 Å². The maximum absolute atomic E-state index is 5.54. The Kier molecular flexibility index (Phi) is 12.5. The summed E-state index contributed by atoms with van der Waals surface area (Å²) in [5, 5.41) is 10.2. The molecule has 0 radical (unpaired) electrons. The maximum atomic E-state index is 5.54. The molecule has 1 unspecified atom stereocenters. The van der Waals surface area contributed by atoms with Crippen molar-refractivity contribution in [3.8, 4) is 0 Å². The number of hydrogen-bond donors (Lipinski definition) is 2.